The van der Waals surface area contributed by atoms with E-state index < -0.39 is 12.1 Å². The van der Waals surface area contributed by atoms with E-state index in [4.69, 9.17) is 4.74 Å². The van der Waals surface area contributed by atoms with E-state index in [1.54, 1.807) is 0 Å². The number of hydrogen-bond acceptors (Lipinski definition) is 6. The molecule has 2 aromatic heterocycles. The lowest BCUT2D eigenvalue weighted by Gasteiger charge is -2.05. The lowest BCUT2D eigenvalue weighted by molar-refractivity contribution is 0.0594. The molecule has 0 aliphatic carbocycles. The summed E-state index contributed by atoms with van der Waals surface area (Å²) >= 11 is 0. The highest BCUT2D eigenvalue weighted by atomic mass is 16.5. The zero-order valence-electron chi connectivity index (χ0n) is 13.5. The topological polar surface area (TPSA) is 106 Å². The van der Waals surface area contributed by atoms with Crippen LogP contribution in [-0.2, 0) is 22.6 Å². The Hall–Kier alpha value is -3.42. The first-order valence-corrected chi connectivity index (χ1v) is 7.53. The van der Waals surface area contributed by atoms with Crippen molar-refractivity contribution in [3.05, 3.63) is 59.7 Å². The van der Waals surface area contributed by atoms with Crippen LogP contribution in [0, 0.1) is 0 Å². The van der Waals surface area contributed by atoms with E-state index in [9.17, 15) is 9.59 Å². The smallest absolute Gasteiger partial charge is 0.407 e. The Morgan fingerprint density at radius 3 is 2.80 bits per heavy atom. The third-order valence-corrected chi connectivity index (χ3v) is 3.42. The van der Waals surface area contributed by atoms with Gasteiger partial charge in [0, 0.05) is 0 Å². The van der Waals surface area contributed by atoms with E-state index in [1.807, 2.05) is 30.3 Å². The number of carbonyl (C=O) groups is 2. The zero-order chi connectivity index (χ0) is 17.6. The Bertz CT molecular complexity index is 892. The second kappa shape index (κ2) is 7.43. The fraction of sp³-hybridized carbons (Fsp3) is 0.176. The number of aromatic amines is 1. The molecule has 0 spiro atoms. The monoisotopic (exact) mass is 340 g/mol. The molecular weight excluding hydrogens is 324 g/mol. The van der Waals surface area contributed by atoms with Crippen molar-refractivity contribution in [1.29, 1.82) is 0 Å². The van der Waals surface area contributed by atoms with Gasteiger partial charge in [0.1, 0.15) is 12.4 Å². The third-order valence-electron chi connectivity index (χ3n) is 3.42. The fourth-order valence-corrected chi connectivity index (χ4v) is 2.19. The molecule has 0 aliphatic rings. The highest BCUT2D eigenvalue weighted by Gasteiger charge is 2.11. The quantitative estimate of drug-likeness (QED) is 0.690. The van der Waals surface area contributed by atoms with E-state index >= 15 is 0 Å². The Morgan fingerprint density at radius 2 is 2.04 bits per heavy atom. The number of imidazole rings is 1. The van der Waals surface area contributed by atoms with Gasteiger partial charge in [-0.3, -0.25) is 0 Å². The van der Waals surface area contributed by atoms with Crippen LogP contribution in [0.5, 0.6) is 0 Å². The molecule has 0 unspecified atom stereocenters. The SMILES string of the molecule is COC(=O)c1cc2nc(CNC(=O)OCc3ccccc3)[nH]c2cn1. The second-order valence-corrected chi connectivity index (χ2v) is 5.18. The average Bonchev–Trinajstić information content (AvgIpc) is 3.07. The Morgan fingerprint density at radius 1 is 1.24 bits per heavy atom. The van der Waals surface area contributed by atoms with Crippen LogP contribution < -0.4 is 5.32 Å². The third kappa shape index (κ3) is 4.11. The number of rotatable bonds is 5. The van der Waals surface area contributed by atoms with Crippen LogP contribution >= 0.6 is 0 Å². The fourth-order valence-electron chi connectivity index (χ4n) is 2.19. The maximum atomic E-state index is 11.7. The molecular formula is C17H16N4O4. The van der Waals surface area contributed by atoms with Crippen LogP contribution in [0.2, 0.25) is 0 Å². The van der Waals surface area contributed by atoms with Crippen molar-refractivity contribution in [3.8, 4) is 0 Å². The molecule has 8 nitrogen and oxygen atoms in total. The number of methoxy groups -OCH3 is 1. The first-order valence-electron chi connectivity index (χ1n) is 7.53. The van der Waals surface area contributed by atoms with Crippen LogP contribution in [0.3, 0.4) is 0 Å². The van der Waals surface area contributed by atoms with Gasteiger partial charge in [-0.25, -0.2) is 19.6 Å². The van der Waals surface area contributed by atoms with Gasteiger partial charge in [0.25, 0.3) is 0 Å². The van der Waals surface area contributed by atoms with Crippen molar-refractivity contribution in [2.45, 2.75) is 13.2 Å². The van der Waals surface area contributed by atoms with Gasteiger partial charge in [0.15, 0.2) is 5.69 Å². The predicted octanol–water partition coefficient (Wildman–Crippen LogP) is 2.17. The number of H-pyrrole nitrogens is 1. The molecule has 0 aliphatic heterocycles. The van der Waals surface area contributed by atoms with E-state index in [0.717, 1.165) is 5.56 Å². The molecule has 0 fully saturated rings. The molecule has 1 amide bonds. The number of ether oxygens (including phenoxy) is 2. The zero-order valence-corrected chi connectivity index (χ0v) is 13.5. The van der Waals surface area contributed by atoms with Gasteiger partial charge in [0.05, 0.1) is 30.9 Å². The van der Waals surface area contributed by atoms with Gasteiger partial charge in [-0.1, -0.05) is 30.3 Å². The number of aromatic nitrogens is 3. The molecule has 8 heteroatoms. The normalized spacial score (nSPS) is 10.4. The summed E-state index contributed by atoms with van der Waals surface area (Å²) in [5, 5.41) is 2.61. The molecule has 3 aromatic rings. The minimum absolute atomic E-state index is 0.163. The van der Waals surface area contributed by atoms with Gasteiger partial charge in [-0.2, -0.15) is 0 Å². The summed E-state index contributed by atoms with van der Waals surface area (Å²) in [5.74, 6) is -0.00968. The molecule has 0 atom stereocenters. The standard InChI is InChI=1S/C17H16N4O4/c1-24-16(22)13-7-12-14(8-18-13)21-15(20-12)9-19-17(23)25-10-11-5-3-2-4-6-11/h2-8H,9-10H2,1H3,(H,19,23)(H,20,21). The lowest BCUT2D eigenvalue weighted by atomic mass is 10.2. The molecule has 2 heterocycles. The van der Waals surface area contributed by atoms with E-state index in [-0.39, 0.29) is 18.8 Å². The first kappa shape index (κ1) is 16.4. The highest BCUT2D eigenvalue weighted by Crippen LogP contribution is 2.12. The highest BCUT2D eigenvalue weighted by molar-refractivity contribution is 5.91. The number of benzene rings is 1. The van der Waals surface area contributed by atoms with Crippen molar-refractivity contribution < 1.29 is 19.1 Å². The second-order valence-electron chi connectivity index (χ2n) is 5.18. The van der Waals surface area contributed by atoms with Crippen molar-refractivity contribution in [2.24, 2.45) is 0 Å². The number of carbonyl (C=O) groups excluding carboxylic acids is 2. The number of pyridine rings is 1. The van der Waals surface area contributed by atoms with Crippen molar-refractivity contribution in [1.82, 2.24) is 20.3 Å². The van der Waals surface area contributed by atoms with Crippen molar-refractivity contribution in [2.75, 3.05) is 7.11 Å². The molecule has 0 saturated heterocycles. The maximum absolute atomic E-state index is 11.7. The van der Waals surface area contributed by atoms with Crippen LogP contribution in [0.4, 0.5) is 4.79 Å². The Kier molecular flexibility index (Phi) is 4.89. The van der Waals surface area contributed by atoms with Gasteiger partial charge < -0.3 is 19.8 Å². The maximum Gasteiger partial charge on any atom is 0.407 e. The summed E-state index contributed by atoms with van der Waals surface area (Å²) in [6.45, 7) is 0.356. The molecule has 25 heavy (non-hydrogen) atoms. The number of esters is 1. The summed E-state index contributed by atoms with van der Waals surface area (Å²) in [6.07, 6.45) is 0.948. The van der Waals surface area contributed by atoms with Crippen LogP contribution in [0.25, 0.3) is 11.0 Å². The van der Waals surface area contributed by atoms with E-state index in [2.05, 4.69) is 25.0 Å². The Labute approximate surface area is 143 Å². The molecule has 3 rings (SSSR count). The number of fused-ring (bicyclic) bond motifs is 1. The van der Waals surface area contributed by atoms with Gasteiger partial charge in [-0.05, 0) is 11.6 Å². The molecule has 128 valence electrons. The van der Waals surface area contributed by atoms with Crippen LogP contribution in [0.15, 0.2) is 42.6 Å². The summed E-state index contributed by atoms with van der Waals surface area (Å²) in [5.41, 5.74) is 2.29. The van der Waals surface area contributed by atoms with E-state index in [1.165, 1.54) is 19.4 Å². The van der Waals surface area contributed by atoms with Crippen molar-refractivity contribution >= 4 is 23.1 Å². The Balaban J connectivity index is 1.57. The number of alkyl carbamates (subject to hydrolysis) is 1. The van der Waals surface area contributed by atoms with Gasteiger partial charge >= 0.3 is 12.1 Å². The summed E-state index contributed by atoms with van der Waals surface area (Å²) in [7, 11) is 1.29. The van der Waals surface area contributed by atoms with E-state index in [0.29, 0.717) is 16.9 Å². The van der Waals surface area contributed by atoms with Crippen LogP contribution in [-0.4, -0.2) is 34.1 Å². The lowest BCUT2D eigenvalue weighted by Crippen LogP contribution is -2.24. The predicted molar refractivity (Wildman–Crippen MR) is 88.7 cm³/mol. The molecule has 0 bridgehead atoms. The minimum Gasteiger partial charge on any atom is -0.464 e. The molecule has 0 saturated carbocycles. The van der Waals surface area contributed by atoms with Crippen LogP contribution in [0.1, 0.15) is 21.9 Å². The molecule has 1 aromatic carbocycles. The van der Waals surface area contributed by atoms with Gasteiger partial charge in [-0.15, -0.1) is 0 Å². The summed E-state index contributed by atoms with van der Waals surface area (Å²) < 4.78 is 9.75. The van der Waals surface area contributed by atoms with Gasteiger partial charge in [0.2, 0.25) is 0 Å². The molecule has 0 radical (unpaired) electrons. The number of nitrogens with zero attached hydrogens (tertiary/aromatic N) is 2. The number of hydrogen-bond donors (Lipinski definition) is 2. The molecule has 2 N–H and O–H groups in total. The summed E-state index contributed by atoms with van der Waals surface area (Å²) in [6, 6.07) is 10.9. The number of amides is 1. The largest absolute Gasteiger partial charge is 0.464 e. The minimum atomic E-state index is -0.544. The summed E-state index contributed by atoms with van der Waals surface area (Å²) in [4.78, 5) is 34.5. The van der Waals surface area contributed by atoms with Crippen molar-refractivity contribution in [3.63, 3.8) is 0 Å². The number of nitrogens with one attached hydrogen (secondary N) is 2. The average molecular weight is 340 g/mol. The first-order chi connectivity index (χ1) is 12.2.